The van der Waals surface area contributed by atoms with Crippen LogP contribution in [0.4, 0.5) is 5.69 Å². The molecule has 0 aliphatic rings. The molecule has 12 heavy (non-hydrogen) atoms. The van der Waals surface area contributed by atoms with Crippen LogP contribution in [0.3, 0.4) is 0 Å². The third-order valence-corrected chi connectivity index (χ3v) is 1.53. The van der Waals surface area contributed by atoms with Crippen molar-refractivity contribution in [1.29, 1.82) is 5.39 Å². The number of rotatable bonds is 2. The van der Waals surface area contributed by atoms with Gasteiger partial charge in [0.25, 0.3) is 0 Å². The van der Waals surface area contributed by atoms with Gasteiger partial charge in [0.1, 0.15) is 0 Å². The van der Waals surface area contributed by atoms with Crippen molar-refractivity contribution in [2.24, 2.45) is 0 Å². The maximum atomic E-state index is 8.93. The molecule has 4 heteroatoms. The second-order valence-electron chi connectivity index (χ2n) is 2.54. The van der Waals surface area contributed by atoms with E-state index in [4.69, 9.17) is 16.2 Å². The summed E-state index contributed by atoms with van der Waals surface area (Å²) in [5.41, 5.74) is 7.01. The van der Waals surface area contributed by atoms with Crippen LogP contribution in [0.1, 0.15) is 5.56 Å². The molecule has 0 aliphatic heterocycles. The molecule has 62 valence electrons. The first-order chi connectivity index (χ1) is 5.72. The predicted octanol–water partition coefficient (Wildman–Crippen LogP) is 0.983. The topological polar surface area (TPSA) is 74.4 Å². The lowest BCUT2D eigenvalue weighted by Crippen LogP contribution is -2.03. The lowest BCUT2D eigenvalue weighted by molar-refractivity contribution is 0.218. The van der Waals surface area contributed by atoms with E-state index in [0.717, 1.165) is 5.56 Å². The van der Waals surface area contributed by atoms with Crippen LogP contribution in [-0.2, 0) is 6.42 Å². The number of nitrogens with two attached hydrogens (primary N) is 1. The third-order valence-electron chi connectivity index (χ3n) is 1.53. The van der Waals surface area contributed by atoms with Gasteiger partial charge in [0.05, 0.1) is 6.42 Å². The van der Waals surface area contributed by atoms with Crippen LogP contribution in [0.5, 0.6) is 0 Å². The Hall–Kier alpha value is -1.60. The average Bonchev–Trinajstić information content (AvgIpc) is 2.09. The molecule has 0 aromatic heterocycles. The number of hydrogen-bond donors (Lipinski definition) is 2. The molecule has 0 aliphatic carbocycles. The van der Waals surface area contributed by atoms with E-state index in [1.54, 1.807) is 24.3 Å². The second-order valence-corrected chi connectivity index (χ2v) is 2.54. The number of nitrogens with zero attached hydrogens (tertiary/aromatic N) is 2. The third kappa shape index (κ3) is 2.22. The summed E-state index contributed by atoms with van der Waals surface area (Å²) in [6, 6.07) is 7.03. The van der Waals surface area contributed by atoms with Crippen LogP contribution < -0.4 is 5.73 Å². The molecule has 0 fully saturated rings. The maximum absolute atomic E-state index is 8.93. The van der Waals surface area contributed by atoms with Crippen LogP contribution in [-0.4, -0.2) is 11.3 Å². The van der Waals surface area contributed by atoms with E-state index in [2.05, 4.69) is 4.98 Å². The first kappa shape index (κ1) is 8.50. The van der Waals surface area contributed by atoms with Crippen molar-refractivity contribution < 1.29 is 5.11 Å². The van der Waals surface area contributed by atoms with Crippen molar-refractivity contribution in [3.8, 4) is 0 Å². The van der Waals surface area contributed by atoms with Gasteiger partial charge in [-0.1, -0.05) is 12.1 Å². The molecule has 0 bridgehead atoms. The summed E-state index contributed by atoms with van der Waals surface area (Å²) in [5, 5.41) is 17.1. The SMILES string of the molecule is N#[N+]C(O)Cc1ccc(N)cc1. The monoisotopic (exact) mass is 164 g/mol. The highest BCUT2D eigenvalue weighted by molar-refractivity contribution is 5.39. The Morgan fingerprint density at radius 2 is 2.00 bits per heavy atom. The molecule has 0 amide bonds. The van der Waals surface area contributed by atoms with Gasteiger partial charge >= 0.3 is 6.23 Å². The molecular formula is C8H10N3O+. The Bertz CT molecular complexity index is 288. The van der Waals surface area contributed by atoms with E-state index in [-0.39, 0.29) is 0 Å². The number of nitrogen functional groups attached to an aromatic ring is 1. The summed E-state index contributed by atoms with van der Waals surface area (Å²) in [4.78, 5) is 2.73. The molecule has 4 nitrogen and oxygen atoms in total. The van der Waals surface area contributed by atoms with Crippen LogP contribution in [0.15, 0.2) is 24.3 Å². The predicted molar refractivity (Wildman–Crippen MR) is 45.6 cm³/mol. The standard InChI is InChI=1S/C8H10N3O/c9-7-3-1-6(2-4-7)5-8(12)11-10/h1-4,8,12H,5,9H2/q+1. The lowest BCUT2D eigenvalue weighted by Gasteiger charge is -1.96. The summed E-state index contributed by atoms with van der Waals surface area (Å²) >= 11 is 0. The Balaban J connectivity index is 2.66. The van der Waals surface area contributed by atoms with Gasteiger partial charge in [0, 0.05) is 5.69 Å². The highest BCUT2D eigenvalue weighted by Gasteiger charge is 2.14. The summed E-state index contributed by atoms with van der Waals surface area (Å²) in [6.45, 7) is 0. The first-order valence-electron chi connectivity index (χ1n) is 3.59. The van der Waals surface area contributed by atoms with E-state index < -0.39 is 6.23 Å². The number of aliphatic hydroxyl groups excluding tert-OH is 1. The number of hydrogen-bond acceptors (Lipinski definition) is 3. The van der Waals surface area contributed by atoms with Gasteiger partial charge in [-0.2, -0.15) is 0 Å². The Morgan fingerprint density at radius 3 is 2.50 bits per heavy atom. The van der Waals surface area contributed by atoms with E-state index in [1.165, 1.54) is 0 Å². The van der Waals surface area contributed by atoms with E-state index in [0.29, 0.717) is 12.1 Å². The summed E-state index contributed by atoms with van der Waals surface area (Å²) in [7, 11) is 0. The van der Waals surface area contributed by atoms with Crippen LogP contribution in [0.2, 0.25) is 0 Å². The molecule has 0 heterocycles. The van der Waals surface area contributed by atoms with E-state index in [1.807, 2.05) is 0 Å². The molecule has 1 atom stereocenters. The molecule has 0 spiro atoms. The molecule has 1 rings (SSSR count). The van der Waals surface area contributed by atoms with Gasteiger partial charge < -0.3 is 10.8 Å². The molecule has 1 aromatic carbocycles. The minimum absolute atomic E-state index is 0.302. The van der Waals surface area contributed by atoms with Crippen molar-refractivity contribution in [2.75, 3.05) is 5.73 Å². The van der Waals surface area contributed by atoms with Crippen molar-refractivity contribution in [1.82, 2.24) is 0 Å². The molecule has 0 saturated heterocycles. The van der Waals surface area contributed by atoms with E-state index >= 15 is 0 Å². The van der Waals surface area contributed by atoms with E-state index in [9.17, 15) is 0 Å². The quantitative estimate of drug-likeness (QED) is 0.505. The number of diazo groups is 1. The summed E-state index contributed by atoms with van der Waals surface area (Å²) in [5.74, 6) is 0. The van der Waals surface area contributed by atoms with Crippen molar-refractivity contribution in [2.45, 2.75) is 12.6 Å². The number of aliphatic hydroxyl groups is 1. The highest BCUT2D eigenvalue weighted by Crippen LogP contribution is 2.07. The fraction of sp³-hybridized carbons (Fsp3) is 0.250. The zero-order chi connectivity index (χ0) is 8.97. The van der Waals surface area contributed by atoms with Crippen molar-refractivity contribution >= 4 is 5.69 Å². The van der Waals surface area contributed by atoms with Gasteiger partial charge in [0.2, 0.25) is 5.39 Å². The largest absolute Gasteiger partial charge is 0.420 e. The highest BCUT2D eigenvalue weighted by atomic mass is 16.3. The first-order valence-corrected chi connectivity index (χ1v) is 3.59. The van der Waals surface area contributed by atoms with Crippen LogP contribution >= 0.6 is 0 Å². The molecule has 0 radical (unpaired) electrons. The summed E-state index contributed by atoms with van der Waals surface area (Å²) in [6.07, 6.45) is -0.745. The second kappa shape index (κ2) is 3.69. The van der Waals surface area contributed by atoms with Gasteiger partial charge in [-0.05, 0) is 17.7 Å². The van der Waals surface area contributed by atoms with Gasteiger partial charge in [0.15, 0.2) is 4.98 Å². The Morgan fingerprint density at radius 1 is 1.42 bits per heavy atom. The maximum Gasteiger partial charge on any atom is 0.420 e. The molecule has 1 unspecified atom stereocenters. The average molecular weight is 164 g/mol. The van der Waals surface area contributed by atoms with Gasteiger partial charge in [-0.3, -0.25) is 0 Å². The fourth-order valence-electron chi connectivity index (χ4n) is 0.905. The zero-order valence-electron chi connectivity index (χ0n) is 6.51. The molecule has 3 N–H and O–H groups in total. The Kier molecular flexibility index (Phi) is 2.62. The zero-order valence-corrected chi connectivity index (χ0v) is 6.51. The number of benzene rings is 1. The molecule has 1 aromatic rings. The van der Waals surface area contributed by atoms with Gasteiger partial charge in [-0.25, -0.2) is 0 Å². The fourth-order valence-corrected chi connectivity index (χ4v) is 0.905. The van der Waals surface area contributed by atoms with Crippen LogP contribution in [0, 0.1) is 5.39 Å². The molecular weight excluding hydrogens is 154 g/mol. The van der Waals surface area contributed by atoms with Gasteiger partial charge in [-0.15, -0.1) is 0 Å². The number of anilines is 1. The molecule has 0 saturated carbocycles. The minimum Gasteiger partial charge on any atom is -0.399 e. The summed E-state index contributed by atoms with van der Waals surface area (Å²) < 4.78 is 0. The van der Waals surface area contributed by atoms with Crippen molar-refractivity contribution in [3.05, 3.63) is 34.8 Å². The lowest BCUT2D eigenvalue weighted by atomic mass is 10.1. The normalized spacial score (nSPS) is 12.0. The van der Waals surface area contributed by atoms with Crippen molar-refractivity contribution in [3.63, 3.8) is 0 Å². The smallest absolute Gasteiger partial charge is 0.399 e. The minimum atomic E-state index is -1.05. The van der Waals surface area contributed by atoms with Crippen LogP contribution in [0.25, 0.3) is 4.98 Å². The Labute approximate surface area is 70.3 Å².